The third-order valence-electron chi connectivity index (χ3n) is 6.23. The number of nitrogens with one attached hydrogen (secondary N) is 2. The highest BCUT2D eigenvalue weighted by atomic mass is 32.2. The number of aliphatic imine (C=N–C) groups is 1. The van der Waals surface area contributed by atoms with Crippen LogP contribution in [0.4, 0.5) is 13.2 Å². The topological polar surface area (TPSA) is 116 Å². The molecule has 38 heavy (non-hydrogen) atoms. The van der Waals surface area contributed by atoms with Gasteiger partial charge in [-0.1, -0.05) is 19.4 Å². The highest BCUT2D eigenvalue weighted by Gasteiger charge is 2.38. The number of hydrogen-bond donors (Lipinski definition) is 3. The number of hydrogen-bond acceptors (Lipinski definition) is 7. The number of ether oxygens (including phenoxy) is 1. The van der Waals surface area contributed by atoms with Crippen LogP contribution >= 0.6 is 11.3 Å². The molecule has 0 bridgehead atoms. The van der Waals surface area contributed by atoms with Gasteiger partial charge < -0.3 is 14.7 Å². The van der Waals surface area contributed by atoms with Crippen LogP contribution in [0.3, 0.4) is 0 Å². The van der Waals surface area contributed by atoms with Gasteiger partial charge in [0.1, 0.15) is 0 Å². The minimum Gasteiger partial charge on any atom is -0.362 e. The SMILES string of the molecule is CCCCNS(=O)(=O)N[C@H]1C/C(=C(/C)C(C)(O)OC)N(/C(=N\Cc2ccc(F)c(F)c2F)c2nccs2)C1. The first-order valence-corrected chi connectivity index (χ1v) is 14.3. The molecule has 0 amide bonds. The second kappa shape index (κ2) is 12.7. The Morgan fingerprint density at radius 1 is 1.34 bits per heavy atom. The second-order valence-electron chi connectivity index (χ2n) is 8.95. The average Bonchev–Trinajstić information content (AvgIpc) is 3.54. The van der Waals surface area contributed by atoms with E-state index in [0.717, 1.165) is 18.6 Å². The summed E-state index contributed by atoms with van der Waals surface area (Å²) in [7, 11) is -2.49. The van der Waals surface area contributed by atoms with Crippen molar-refractivity contribution in [3.8, 4) is 0 Å². The van der Waals surface area contributed by atoms with Crippen molar-refractivity contribution < 1.29 is 31.4 Å². The molecular formula is C24H32F3N5O4S2. The smallest absolute Gasteiger partial charge is 0.277 e. The van der Waals surface area contributed by atoms with E-state index in [-0.39, 0.29) is 37.5 Å². The Bertz CT molecular complexity index is 1280. The summed E-state index contributed by atoms with van der Waals surface area (Å²) in [5, 5.41) is 12.9. The van der Waals surface area contributed by atoms with E-state index in [2.05, 4.69) is 19.4 Å². The lowest BCUT2D eigenvalue weighted by Crippen LogP contribution is -2.44. The van der Waals surface area contributed by atoms with E-state index in [9.17, 15) is 26.7 Å². The Labute approximate surface area is 224 Å². The molecule has 0 radical (unpaired) electrons. The first-order chi connectivity index (χ1) is 17.9. The van der Waals surface area contributed by atoms with Crippen molar-refractivity contribution in [2.75, 3.05) is 20.2 Å². The maximum atomic E-state index is 14.4. The van der Waals surface area contributed by atoms with E-state index >= 15 is 0 Å². The van der Waals surface area contributed by atoms with E-state index in [1.165, 1.54) is 25.4 Å². The molecule has 0 saturated carbocycles. The van der Waals surface area contributed by atoms with Gasteiger partial charge in [0.2, 0.25) is 0 Å². The number of thiazole rings is 1. The lowest BCUT2D eigenvalue weighted by Gasteiger charge is -2.29. The van der Waals surface area contributed by atoms with Gasteiger partial charge in [0.25, 0.3) is 10.2 Å². The summed E-state index contributed by atoms with van der Waals surface area (Å²) >= 11 is 1.24. The molecule has 1 fully saturated rings. The molecule has 3 rings (SSSR count). The summed E-state index contributed by atoms with van der Waals surface area (Å²) in [6.45, 7) is 5.11. The van der Waals surface area contributed by atoms with Crippen molar-refractivity contribution in [2.45, 2.75) is 58.4 Å². The Hall–Kier alpha value is -2.36. The third kappa shape index (κ3) is 7.18. The molecule has 3 N–H and O–H groups in total. The molecule has 1 aromatic heterocycles. The van der Waals surface area contributed by atoms with Crippen molar-refractivity contribution in [2.24, 2.45) is 4.99 Å². The number of methoxy groups -OCH3 is 1. The van der Waals surface area contributed by atoms with Gasteiger partial charge in [-0.05, 0) is 26.3 Å². The lowest BCUT2D eigenvalue weighted by atomic mass is 10.0. The van der Waals surface area contributed by atoms with Crippen molar-refractivity contribution in [3.63, 3.8) is 0 Å². The van der Waals surface area contributed by atoms with Crippen LogP contribution in [-0.4, -0.2) is 61.3 Å². The van der Waals surface area contributed by atoms with Gasteiger partial charge in [0.05, 0.1) is 6.54 Å². The zero-order valence-electron chi connectivity index (χ0n) is 21.6. The molecule has 0 spiro atoms. The number of halogens is 3. The van der Waals surface area contributed by atoms with Gasteiger partial charge in [-0.2, -0.15) is 13.1 Å². The van der Waals surface area contributed by atoms with Crippen LogP contribution in [0.15, 0.2) is 40.0 Å². The first-order valence-electron chi connectivity index (χ1n) is 12.0. The molecule has 1 aromatic carbocycles. The van der Waals surface area contributed by atoms with E-state index in [1.807, 2.05) is 6.92 Å². The zero-order valence-corrected chi connectivity index (χ0v) is 23.2. The highest BCUT2D eigenvalue weighted by molar-refractivity contribution is 7.87. The average molecular weight is 576 g/mol. The van der Waals surface area contributed by atoms with Crippen LogP contribution in [-0.2, 0) is 21.5 Å². The van der Waals surface area contributed by atoms with Crippen LogP contribution in [0.25, 0.3) is 0 Å². The number of nitrogens with zero attached hydrogens (tertiary/aromatic N) is 3. The van der Waals surface area contributed by atoms with E-state index in [4.69, 9.17) is 4.74 Å². The molecule has 9 nitrogen and oxygen atoms in total. The number of aliphatic hydroxyl groups is 1. The number of aromatic nitrogens is 1. The Kier molecular flexibility index (Phi) is 10.1. The van der Waals surface area contributed by atoms with Gasteiger partial charge in [-0.15, -0.1) is 11.3 Å². The molecular weight excluding hydrogens is 543 g/mol. The Balaban J connectivity index is 2.03. The second-order valence-corrected chi connectivity index (χ2v) is 11.4. The molecule has 1 saturated heterocycles. The minimum absolute atomic E-state index is 0.111. The molecule has 1 unspecified atom stereocenters. The number of likely N-dealkylation sites (tertiary alicyclic amines) is 1. The number of unbranched alkanes of at least 4 members (excludes halogenated alkanes) is 1. The molecule has 2 atom stereocenters. The number of benzene rings is 1. The van der Waals surface area contributed by atoms with Crippen molar-refractivity contribution >= 4 is 27.4 Å². The summed E-state index contributed by atoms with van der Waals surface area (Å²) in [6.07, 6.45) is 3.23. The quantitative estimate of drug-likeness (QED) is 0.124. The maximum Gasteiger partial charge on any atom is 0.277 e. The van der Waals surface area contributed by atoms with Gasteiger partial charge in [-0.3, -0.25) is 4.99 Å². The zero-order chi connectivity index (χ0) is 28.1. The van der Waals surface area contributed by atoms with Crippen LogP contribution in [0.5, 0.6) is 0 Å². The first kappa shape index (κ1) is 30.2. The van der Waals surface area contributed by atoms with E-state index < -0.39 is 39.5 Å². The fraction of sp³-hybridized carbons (Fsp3) is 0.500. The van der Waals surface area contributed by atoms with Crippen LogP contribution in [0, 0.1) is 17.5 Å². The predicted octanol–water partition coefficient (Wildman–Crippen LogP) is 3.43. The van der Waals surface area contributed by atoms with Crippen molar-refractivity contribution in [3.05, 3.63) is 63.0 Å². The minimum atomic E-state index is -3.82. The van der Waals surface area contributed by atoms with Crippen LogP contribution < -0.4 is 9.44 Å². The summed E-state index contributed by atoms with van der Waals surface area (Å²) in [4.78, 5) is 10.5. The fourth-order valence-corrected chi connectivity index (χ4v) is 5.65. The van der Waals surface area contributed by atoms with Gasteiger partial charge in [-0.25, -0.2) is 22.9 Å². The molecule has 1 aliphatic rings. The largest absolute Gasteiger partial charge is 0.362 e. The molecule has 210 valence electrons. The molecule has 2 heterocycles. The highest BCUT2D eigenvalue weighted by Crippen LogP contribution is 2.33. The fourth-order valence-electron chi connectivity index (χ4n) is 3.90. The molecule has 1 aliphatic heterocycles. The maximum absolute atomic E-state index is 14.4. The summed E-state index contributed by atoms with van der Waals surface area (Å²) in [5.74, 6) is -5.66. The van der Waals surface area contributed by atoms with E-state index in [0.29, 0.717) is 22.7 Å². The Morgan fingerprint density at radius 3 is 2.71 bits per heavy atom. The normalized spacial score (nSPS) is 19.6. The van der Waals surface area contributed by atoms with Crippen molar-refractivity contribution in [1.82, 2.24) is 19.3 Å². The third-order valence-corrected chi connectivity index (χ3v) is 8.23. The predicted molar refractivity (Wildman–Crippen MR) is 139 cm³/mol. The van der Waals surface area contributed by atoms with Crippen molar-refractivity contribution in [1.29, 1.82) is 0 Å². The standard InChI is InChI=1S/C24H32F3N5O4S2/c1-5-6-9-30-38(34,35)31-17-12-19(15(2)24(3,33)36-4)32(14-17)22(23-28-10-11-37-23)29-13-16-7-8-18(25)21(27)20(16)26/h7-8,10-11,17,30-31,33H,5-6,9,12-14H2,1-4H3/b19-15+,29-22-/t17-,24?/m0/s1. The summed E-state index contributed by atoms with van der Waals surface area (Å²) in [6, 6.07) is 1.32. The number of amidine groups is 1. The van der Waals surface area contributed by atoms with Gasteiger partial charge in [0, 0.05) is 61.1 Å². The number of rotatable bonds is 11. The monoisotopic (exact) mass is 575 g/mol. The molecule has 0 aliphatic carbocycles. The molecule has 14 heteroatoms. The van der Waals surface area contributed by atoms with Gasteiger partial charge >= 0.3 is 0 Å². The van der Waals surface area contributed by atoms with E-state index in [1.54, 1.807) is 23.4 Å². The van der Waals surface area contributed by atoms with Crippen LogP contribution in [0.1, 0.15) is 50.6 Å². The lowest BCUT2D eigenvalue weighted by molar-refractivity contribution is -0.141. The van der Waals surface area contributed by atoms with Gasteiger partial charge in [0.15, 0.2) is 34.1 Å². The van der Waals surface area contributed by atoms with Crippen LogP contribution in [0.2, 0.25) is 0 Å². The summed E-state index contributed by atoms with van der Waals surface area (Å²) < 4.78 is 77.2. The molecule has 2 aromatic rings. The Morgan fingerprint density at radius 2 is 2.08 bits per heavy atom. The summed E-state index contributed by atoms with van der Waals surface area (Å²) in [5.41, 5.74) is 0.766.